The molecule has 2 bridgehead atoms. The fourth-order valence-electron chi connectivity index (χ4n) is 7.23. The standard InChI is InChI=1S/C20H28O5/c1-9-12-13(22)14(23)15-19(4)7-5-6-18(2,3)10(19)8-11(21)20(15,16(9)24)17(12)25/h10-13,15,17,21-22,25H,1,5-8H2,2-4H3/t10-,11-,12+,13-,15+,17-,19-,20-/m1/s1. The van der Waals surface area contributed by atoms with Crippen molar-refractivity contribution in [2.45, 2.75) is 64.8 Å². The summed E-state index contributed by atoms with van der Waals surface area (Å²) in [6.45, 7) is 10.1. The number of rotatable bonds is 0. The lowest BCUT2D eigenvalue weighted by Gasteiger charge is -2.64. The van der Waals surface area contributed by atoms with E-state index in [1.165, 1.54) is 0 Å². The van der Waals surface area contributed by atoms with Crippen molar-refractivity contribution in [1.82, 2.24) is 0 Å². The maximum absolute atomic E-state index is 13.2. The topological polar surface area (TPSA) is 94.8 Å². The van der Waals surface area contributed by atoms with Crippen LogP contribution < -0.4 is 0 Å². The first-order valence-electron chi connectivity index (χ1n) is 9.32. The second-order valence-corrected chi connectivity index (χ2v) is 9.69. The Morgan fingerprint density at radius 3 is 2.36 bits per heavy atom. The van der Waals surface area contributed by atoms with E-state index < -0.39 is 52.5 Å². The summed E-state index contributed by atoms with van der Waals surface area (Å²) in [4.78, 5) is 26.4. The van der Waals surface area contributed by atoms with E-state index in [0.717, 1.165) is 19.3 Å². The van der Waals surface area contributed by atoms with Crippen molar-refractivity contribution in [2.75, 3.05) is 0 Å². The third-order valence-corrected chi connectivity index (χ3v) is 8.26. The average molecular weight is 348 g/mol. The molecule has 5 heteroatoms. The number of hydrogen-bond acceptors (Lipinski definition) is 5. The van der Waals surface area contributed by atoms with Gasteiger partial charge < -0.3 is 15.3 Å². The van der Waals surface area contributed by atoms with Crippen molar-refractivity contribution in [2.24, 2.45) is 34.0 Å². The van der Waals surface area contributed by atoms with Crippen molar-refractivity contribution in [3.05, 3.63) is 12.2 Å². The number of fused-ring (bicyclic) bond motifs is 3. The van der Waals surface area contributed by atoms with Gasteiger partial charge in [0.05, 0.1) is 17.6 Å². The zero-order valence-electron chi connectivity index (χ0n) is 15.2. The highest BCUT2D eigenvalue weighted by Gasteiger charge is 2.78. The SMILES string of the molecule is C=C1C(=O)[C@@]23[C@H](O)C[C@@H]4C(C)(C)CCC[C@@]4(C)[C@@H]2C(=O)[C@H](O)[C@H]1[C@H]3O. The highest BCUT2D eigenvalue weighted by molar-refractivity contribution is 6.11. The van der Waals surface area contributed by atoms with Crippen LogP contribution in [0.2, 0.25) is 0 Å². The Bertz CT molecular complexity index is 682. The highest BCUT2D eigenvalue weighted by atomic mass is 16.3. The van der Waals surface area contributed by atoms with E-state index in [1.807, 2.05) is 6.92 Å². The molecule has 0 aromatic heterocycles. The summed E-state index contributed by atoms with van der Waals surface area (Å²) in [7, 11) is 0. The van der Waals surface area contributed by atoms with E-state index >= 15 is 0 Å². The van der Waals surface area contributed by atoms with Crippen molar-refractivity contribution < 1.29 is 24.9 Å². The first-order chi connectivity index (χ1) is 11.5. The molecule has 4 rings (SSSR count). The Balaban J connectivity index is 1.96. The predicted molar refractivity (Wildman–Crippen MR) is 90.4 cm³/mol. The second-order valence-electron chi connectivity index (χ2n) is 9.69. The third kappa shape index (κ3) is 1.70. The van der Waals surface area contributed by atoms with Gasteiger partial charge in [-0.15, -0.1) is 0 Å². The summed E-state index contributed by atoms with van der Waals surface area (Å²) < 4.78 is 0. The minimum atomic E-state index is -1.53. The van der Waals surface area contributed by atoms with Crippen molar-refractivity contribution in [3.63, 3.8) is 0 Å². The van der Waals surface area contributed by atoms with E-state index in [9.17, 15) is 24.9 Å². The second kappa shape index (κ2) is 4.81. The molecule has 0 aliphatic heterocycles. The molecule has 4 aliphatic carbocycles. The summed E-state index contributed by atoms with van der Waals surface area (Å²) in [5.74, 6) is -2.60. The van der Waals surface area contributed by atoms with Gasteiger partial charge in [-0.25, -0.2) is 0 Å². The van der Waals surface area contributed by atoms with Crippen LogP contribution in [0.1, 0.15) is 46.5 Å². The summed E-state index contributed by atoms with van der Waals surface area (Å²) in [5.41, 5.74) is -2.03. The van der Waals surface area contributed by atoms with Gasteiger partial charge >= 0.3 is 0 Å². The molecule has 8 atom stereocenters. The third-order valence-electron chi connectivity index (χ3n) is 8.26. The maximum Gasteiger partial charge on any atom is 0.170 e. The van der Waals surface area contributed by atoms with Crippen LogP contribution in [0.5, 0.6) is 0 Å². The monoisotopic (exact) mass is 348 g/mol. The maximum atomic E-state index is 13.2. The van der Waals surface area contributed by atoms with E-state index in [0.29, 0.717) is 6.42 Å². The molecule has 0 amide bonds. The van der Waals surface area contributed by atoms with Crippen LogP contribution in [0.3, 0.4) is 0 Å². The van der Waals surface area contributed by atoms with Gasteiger partial charge in [0, 0.05) is 11.8 Å². The number of ketones is 2. The van der Waals surface area contributed by atoms with Gasteiger partial charge in [0.15, 0.2) is 11.6 Å². The molecular formula is C20H28O5. The van der Waals surface area contributed by atoms with Gasteiger partial charge in [0.2, 0.25) is 0 Å². The van der Waals surface area contributed by atoms with Crippen LogP contribution in [-0.4, -0.2) is 45.2 Å². The molecule has 4 aliphatic rings. The van der Waals surface area contributed by atoms with Gasteiger partial charge in [-0.1, -0.05) is 33.8 Å². The molecule has 0 heterocycles. The normalized spacial score (nSPS) is 54.2. The lowest BCUT2D eigenvalue weighted by atomic mass is 9.39. The van der Waals surface area contributed by atoms with Crippen LogP contribution >= 0.6 is 0 Å². The van der Waals surface area contributed by atoms with Gasteiger partial charge in [0.25, 0.3) is 0 Å². The molecule has 3 N–H and O–H groups in total. The van der Waals surface area contributed by atoms with Crippen LogP contribution in [0.4, 0.5) is 0 Å². The largest absolute Gasteiger partial charge is 0.392 e. The Morgan fingerprint density at radius 2 is 1.72 bits per heavy atom. The molecule has 0 unspecified atom stereocenters. The molecule has 1 spiro atoms. The Morgan fingerprint density at radius 1 is 1.08 bits per heavy atom. The van der Waals surface area contributed by atoms with Crippen molar-refractivity contribution in [1.29, 1.82) is 0 Å². The first-order valence-corrected chi connectivity index (χ1v) is 9.32. The molecule has 0 saturated heterocycles. The summed E-state index contributed by atoms with van der Waals surface area (Å²) in [6, 6.07) is 0. The van der Waals surface area contributed by atoms with E-state index in [4.69, 9.17) is 0 Å². The number of hydrogen-bond donors (Lipinski definition) is 3. The van der Waals surface area contributed by atoms with Crippen LogP contribution in [0.15, 0.2) is 12.2 Å². The fourth-order valence-corrected chi connectivity index (χ4v) is 7.23. The number of carbonyl (C=O) groups is 2. The Hall–Kier alpha value is -1.04. The molecule has 0 aromatic carbocycles. The minimum absolute atomic E-state index is 0.0564. The molecule has 5 nitrogen and oxygen atoms in total. The first kappa shape index (κ1) is 17.4. The van der Waals surface area contributed by atoms with Gasteiger partial charge in [-0.3, -0.25) is 9.59 Å². The van der Waals surface area contributed by atoms with Crippen molar-refractivity contribution in [3.8, 4) is 0 Å². The lowest BCUT2D eigenvalue weighted by molar-refractivity contribution is -0.229. The molecule has 4 fully saturated rings. The van der Waals surface area contributed by atoms with Gasteiger partial charge in [-0.2, -0.15) is 0 Å². The Kier molecular flexibility index (Phi) is 3.35. The van der Waals surface area contributed by atoms with Crippen molar-refractivity contribution >= 4 is 11.6 Å². The fraction of sp³-hybridized carbons (Fsp3) is 0.800. The molecule has 0 aromatic rings. The van der Waals surface area contributed by atoms with E-state index in [-0.39, 0.29) is 16.9 Å². The molecular weight excluding hydrogens is 320 g/mol. The lowest BCUT2D eigenvalue weighted by Crippen LogP contribution is -2.71. The summed E-state index contributed by atoms with van der Waals surface area (Å²) in [5, 5.41) is 32.6. The van der Waals surface area contributed by atoms with Gasteiger partial charge in [-0.05, 0) is 41.6 Å². The minimum Gasteiger partial charge on any atom is -0.392 e. The molecule has 4 saturated carbocycles. The van der Waals surface area contributed by atoms with E-state index in [1.54, 1.807) is 0 Å². The smallest absolute Gasteiger partial charge is 0.170 e. The number of aliphatic hydroxyl groups is 3. The van der Waals surface area contributed by atoms with Gasteiger partial charge in [0.1, 0.15) is 6.10 Å². The van der Waals surface area contributed by atoms with Crippen LogP contribution in [0.25, 0.3) is 0 Å². The number of aliphatic hydroxyl groups excluding tert-OH is 3. The van der Waals surface area contributed by atoms with Crippen LogP contribution in [0, 0.1) is 34.0 Å². The number of carbonyl (C=O) groups excluding carboxylic acids is 2. The average Bonchev–Trinajstić information content (AvgIpc) is 2.66. The zero-order chi connectivity index (χ0) is 18.5. The molecule has 0 radical (unpaired) electrons. The predicted octanol–water partition coefficient (Wildman–Crippen LogP) is 1.25. The number of Topliss-reactive ketones (excluding diaryl/α,β-unsaturated/α-hetero) is 2. The quantitative estimate of drug-likeness (QED) is 0.573. The zero-order valence-corrected chi connectivity index (χ0v) is 15.2. The van der Waals surface area contributed by atoms with E-state index in [2.05, 4.69) is 20.4 Å². The molecule has 138 valence electrons. The Labute approximate surface area is 148 Å². The van der Waals surface area contributed by atoms with Crippen LogP contribution in [-0.2, 0) is 9.59 Å². The summed E-state index contributed by atoms with van der Waals surface area (Å²) in [6.07, 6.45) is -0.665. The molecule has 25 heavy (non-hydrogen) atoms. The highest BCUT2D eigenvalue weighted by Crippen LogP contribution is 2.70. The summed E-state index contributed by atoms with van der Waals surface area (Å²) >= 11 is 0.